The molecule has 1 aliphatic rings. The van der Waals surface area contributed by atoms with Gasteiger partial charge < -0.3 is 14.7 Å². The molecule has 0 radical (unpaired) electrons. The summed E-state index contributed by atoms with van der Waals surface area (Å²) in [6.45, 7) is 3.27. The highest BCUT2D eigenvalue weighted by Gasteiger charge is 2.24. The number of carbonyl (C=O) groups is 2. The molecule has 1 fully saturated rings. The molecule has 1 amide bonds. The lowest BCUT2D eigenvalue weighted by atomic mass is 10.2. The molecule has 14 heavy (non-hydrogen) atoms. The molecule has 0 aromatic rings. The van der Waals surface area contributed by atoms with Gasteiger partial charge in [-0.15, -0.1) is 0 Å². The third-order valence-corrected chi connectivity index (χ3v) is 2.30. The van der Waals surface area contributed by atoms with Crippen molar-refractivity contribution in [2.45, 2.75) is 25.9 Å². The Morgan fingerprint density at radius 3 is 2.71 bits per heavy atom. The van der Waals surface area contributed by atoms with Crippen LogP contribution in [0.1, 0.15) is 19.8 Å². The third kappa shape index (κ3) is 2.70. The molecule has 1 saturated heterocycles. The van der Waals surface area contributed by atoms with Gasteiger partial charge in [0.15, 0.2) is 0 Å². The Morgan fingerprint density at radius 2 is 2.29 bits per heavy atom. The molecule has 1 unspecified atom stereocenters. The van der Waals surface area contributed by atoms with Crippen LogP contribution < -0.4 is 0 Å². The van der Waals surface area contributed by atoms with E-state index in [0.29, 0.717) is 19.7 Å². The maximum Gasteiger partial charge on any atom is 0.394 e. The first-order valence-corrected chi connectivity index (χ1v) is 4.79. The third-order valence-electron chi connectivity index (χ3n) is 2.30. The van der Waals surface area contributed by atoms with Crippen LogP contribution in [0.25, 0.3) is 0 Å². The van der Waals surface area contributed by atoms with Crippen molar-refractivity contribution < 1.29 is 19.4 Å². The summed E-state index contributed by atoms with van der Waals surface area (Å²) >= 11 is 0. The van der Waals surface area contributed by atoms with Crippen LogP contribution in [0.2, 0.25) is 0 Å². The van der Waals surface area contributed by atoms with Crippen LogP contribution in [0, 0.1) is 0 Å². The predicted octanol–water partition coefficient (Wildman–Crippen LogP) is 0.0985. The molecule has 1 aliphatic heterocycles. The van der Waals surface area contributed by atoms with Gasteiger partial charge in [0.2, 0.25) is 0 Å². The Labute approximate surface area is 82.6 Å². The number of carboxylic acid groups (broad SMARTS) is 1. The number of likely N-dealkylation sites (N-methyl/N-ethyl adjacent to an activating group) is 1. The Hall–Kier alpha value is -1.10. The van der Waals surface area contributed by atoms with E-state index in [0.717, 1.165) is 12.8 Å². The molecule has 5 heteroatoms. The van der Waals surface area contributed by atoms with Crippen molar-refractivity contribution in [1.82, 2.24) is 4.90 Å². The fourth-order valence-electron chi connectivity index (χ4n) is 1.53. The molecule has 0 aromatic heterocycles. The predicted molar refractivity (Wildman–Crippen MR) is 48.9 cm³/mol. The zero-order chi connectivity index (χ0) is 10.6. The summed E-state index contributed by atoms with van der Waals surface area (Å²) in [5.74, 6) is -2.24. The number of hydrogen-bond acceptors (Lipinski definition) is 3. The number of aliphatic carboxylic acids is 1. The lowest BCUT2D eigenvalue weighted by molar-refractivity contribution is -0.156. The van der Waals surface area contributed by atoms with Crippen molar-refractivity contribution in [2.75, 3.05) is 19.7 Å². The maximum atomic E-state index is 11.1. The Balaban J connectivity index is 2.45. The van der Waals surface area contributed by atoms with E-state index < -0.39 is 11.9 Å². The molecule has 0 aromatic carbocycles. The number of ether oxygens (including phenoxy) is 1. The molecular formula is C9H15NO4. The zero-order valence-corrected chi connectivity index (χ0v) is 8.23. The number of amides is 1. The van der Waals surface area contributed by atoms with Crippen LogP contribution in [0.4, 0.5) is 0 Å². The molecule has 0 spiro atoms. The van der Waals surface area contributed by atoms with Crippen LogP contribution in [0.15, 0.2) is 0 Å². The average molecular weight is 201 g/mol. The minimum absolute atomic E-state index is 0.0123. The average Bonchev–Trinajstić information content (AvgIpc) is 2.65. The van der Waals surface area contributed by atoms with Crippen LogP contribution in [0.3, 0.4) is 0 Å². The van der Waals surface area contributed by atoms with Gasteiger partial charge in [0, 0.05) is 19.7 Å². The minimum atomic E-state index is -1.40. The normalized spacial score (nSPS) is 20.8. The number of nitrogens with zero attached hydrogens (tertiary/aromatic N) is 1. The van der Waals surface area contributed by atoms with Gasteiger partial charge in [0.25, 0.3) is 0 Å². The molecule has 5 nitrogen and oxygen atoms in total. The van der Waals surface area contributed by atoms with E-state index in [1.165, 1.54) is 4.90 Å². The van der Waals surface area contributed by atoms with E-state index in [1.54, 1.807) is 6.92 Å². The Morgan fingerprint density at radius 1 is 1.57 bits per heavy atom. The lowest BCUT2D eigenvalue weighted by Gasteiger charge is -2.21. The second-order valence-corrected chi connectivity index (χ2v) is 3.28. The second kappa shape index (κ2) is 4.95. The Bertz CT molecular complexity index is 223. The maximum absolute atomic E-state index is 11.1. The molecule has 1 atom stereocenters. The highest BCUT2D eigenvalue weighted by Crippen LogP contribution is 2.13. The van der Waals surface area contributed by atoms with Gasteiger partial charge in [-0.3, -0.25) is 4.79 Å². The van der Waals surface area contributed by atoms with Gasteiger partial charge in [-0.05, 0) is 19.8 Å². The van der Waals surface area contributed by atoms with E-state index in [-0.39, 0.29) is 6.10 Å². The summed E-state index contributed by atoms with van der Waals surface area (Å²) in [5, 5.41) is 8.53. The molecule has 0 bridgehead atoms. The Kier molecular flexibility index (Phi) is 3.88. The summed E-state index contributed by atoms with van der Waals surface area (Å²) in [6, 6.07) is 0. The SMILES string of the molecule is CCN(CC1CCCO1)C(=O)C(=O)O. The molecular weight excluding hydrogens is 186 g/mol. The first kappa shape index (κ1) is 11.0. The van der Waals surface area contributed by atoms with Crippen molar-refractivity contribution in [2.24, 2.45) is 0 Å². The van der Waals surface area contributed by atoms with Crippen LogP contribution >= 0.6 is 0 Å². The lowest BCUT2D eigenvalue weighted by Crippen LogP contribution is -2.41. The van der Waals surface area contributed by atoms with Crippen LogP contribution in [0.5, 0.6) is 0 Å². The summed E-state index contributed by atoms with van der Waals surface area (Å²) in [6.07, 6.45) is 1.91. The van der Waals surface area contributed by atoms with Gasteiger partial charge in [-0.25, -0.2) is 4.79 Å². The largest absolute Gasteiger partial charge is 0.474 e. The van der Waals surface area contributed by atoms with Crippen molar-refractivity contribution >= 4 is 11.9 Å². The van der Waals surface area contributed by atoms with E-state index in [1.807, 2.05) is 0 Å². The topological polar surface area (TPSA) is 66.8 Å². The minimum Gasteiger partial charge on any atom is -0.474 e. The molecule has 1 heterocycles. The summed E-state index contributed by atoms with van der Waals surface area (Å²) in [7, 11) is 0. The van der Waals surface area contributed by atoms with Gasteiger partial charge in [0.05, 0.1) is 6.10 Å². The summed E-state index contributed by atoms with van der Waals surface area (Å²) < 4.78 is 5.33. The van der Waals surface area contributed by atoms with E-state index in [9.17, 15) is 9.59 Å². The van der Waals surface area contributed by atoms with Crippen molar-refractivity contribution in [1.29, 1.82) is 0 Å². The second-order valence-electron chi connectivity index (χ2n) is 3.28. The number of carboxylic acids is 1. The van der Waals surface area contributed by atoms with Crippen molar-refractivity contribution in [3.8, 4) is 0 Å². The summed E-state index contributed by atoms with van der Waals surface area (Å²) in [5.41, 5.74) is 0. The van der Waals surface area contributed by atoms with Gasteiger partial charge >= 0.3 is 11.9 Å². The first-order valence-electron chi connectivity index (χ1n) is 4.79. The van der Waals surface area contributed by atoms with Crippen molar-refractivity contribution in [3.05, 3.63) is 0 Å². The van der Waals surface area contributed by atoms with Gasteiger partial charge in [-0.1, -0.05) is 0 Å². The summed E-state index contributed by atoms with van der Waals surface area (Å²) in [4.78, 5) is 22.9. The quantitative estimate of drug-likeness (QED) is 0.657. The number of rotatable bonds is 3. The zero-order valence-electron chi connectivity index (χ0n) is 8.23. The van der Waals surface area contributed by atoms with Gasteiger partial charge in [-0.2, -0.15) is 0 Å². The van der Waals surface area contributed by atoms with Crippen LogP contribution in [-0.2, 0) is 14.3 Å². The van der Waals surface area contributed by atoms with Crippen molar-refractivity contribution in [3.63, 3.8) is 0 Å². The first-order chi connectivity index (χ1) is 6.65. The fourth-order valence-corrected chi connectivity index (χ4v) is 1.53. The number of carbonyl (C=O) groups excluding carboxylic acids is 1. The van der Waals surface area contributed by atoms with E-state index in [4.69, 9.17) is 9.84 Å². The molecule has 1 N–H and O–H groups in total. The highest BCUT2D eigenvalue weighted by molar-refractivity contribution is 6.31. The highest BCUT2D eigenvalue weighted by atomic mass is 16.5. The van der Waals surface area contributed by atoms with E-state index >= 15 is 0 Å². The molecule has 0 saturated carbocycles. The number of hydrogen-bond donors (Lipinski definition) is 1. The molecule has 80 valence electrons. The standard InChI is InChI=1S/C9H15NO4/c1-2-10(8(11)9(12)13)6-7-4-3-5-14-7/h7H,2-6H2,1H3,(H,12,13). The van der Waals surface area contributed by atoms with Crippen LogP contribution in [-0.4, -0.2) is 47.7 Å². The smallest absolute Gasteiger partial charge is 0.394 e. The molecule has 0 aliphatic carbocycles. The van der Waals surface area contributed by atoms with E-state index in [2.05, 4.69) is 0 Å². The monoisotopic (exact) mass is 201 g/mol. The molecule has 1 rings (SSSR count). The van der Waals surface area contributed by atoms with Gasteiger partial charge in [0.1, 0.15) is 0 Å². The fraction of sp³-hybridized carbons (Fsp3) is 0.778.